The average molecular weight is 409 g/mol. The lowest BCUT2D eigenvalue weighted by molar-refractivity contribution is -0.123. The third-order valence-electron chi connectivity index (χ3n) is 6.76. The maximum atomic E-state index is 13.2. The van der Waals surface area contributed by atoms with E-state index in [0.29, 0.717) is 33.8 Å². The van der Waals surface area contributed by atoms with E-state index in [1.54, 1.807) is 36.4 Å². The summed E-state index contributed by atoms with van der Waals surface area (Å²) in [6, 6.07) is 12.1. The molecule has 3 amide bonds. The SMILES string of the molecule is Cc1ccc(Cl)cc1NC(=O)c1ccccc1N1C(=O)[C@H]2[C@H]3CC[C@@H](C3)[C@@H]2C1=O. The molecule has 2 aliphatic carbocycles. The topological polar surface area (TPSA) is 66.5 Å². The van der Waals surface area contributed by atoms with Gasteiger partial charge in [0, 0.05) is 10.7 Å². The fourth-order valence-electron chi connectivity index (χ4n) is 5.43. The molecule has 1 aliphatic heterocycles. The maximum Gasteiger partial charge on any atom is 0.257 e. The standard InChI is InChI=1S/C23H21ClN2O3/c1-12-6-9-15(24)11-17(12)25-21(27)16-4-2-3-5-18(16)26-22(28)19-13-7-8-14(10-13)20(19)23(26)29/h2-6,9,11,13-14,19-20H,7-8,10H2,1H3,(H,25,27)/t13-,14-,19-,20-/m0/s1. The van der Waals surface area contributed by atoms with Crippen LogP contribution < -0.4 is 10.2 Å². The number of aryl methyl sites for hydroxylation is 1. The monoisotopic (exact) mass is 408 g/mol. The molecule has 5 rings (SSSR count). The number of carbonyl (C=O) groups is 3. The normalized spacial score (nSPS) is 27.4. The maximum absolute atomic E-state index is 13.2. The molecule has 0 radical (unpaired) electrons. The Morgan fingerprint density at radius 2 is 1.69 bits per heavy atom. The van der Waals surface area contributed by atoms with Gasteiger partial charge in [-0.05, 0) is 67.9 Å². The molecule has 1 N–H and O–H groups in total. The average Bonchev–Trinajstić information content (AvgIpc) is 3.38. The number of carbonyl (C=O) groups excluding carboxylic acids is 3. The molecule has 0 spiro atoms. The Bertz CT molecular complexity index is 1020. The number of nitrogens with one attached hydrogen (secondary N) is 1. The number of para-hydroxylation sites is 1. The summed E-state index contributed by atoms with van der Waals surface area (Å²) in [4.78, 5) is 40.7. The molecule has 4 atom stereocenters. The van der Waals surface area contributed by atoms with Gasteiger partial charge in [-0.25, -0.2) is 4.90 Å². The van der Waals surface area contributed by atoms with Crippen LogP contribution in [0.3, 0.4) is 0 Å². The fraction of sp³-hybridized carbons (Fsp3) is 0.348. The van der Waals surface area contributed by atoms with Crippen LogP contribution in [0, 0.1) is 30.6 Å². The number of halogens is 1. The van der Waals surface area contributed by atoms with Crippen molar-refractivity contribution in [2.45, 2.75) is 26.2 Å². The van der Waals surface area contributed by atoms with Gasteiger partial charge < -0.3 is 5.32 Å². The van der Waals surface area contributed by atoms with Gasteiger partial charge >= 0.3 is 0 Å². The van der Waals surface area contributed by atoms with E-state index in [2.05, 4.69) is 5.32 Å². The Morgan fingerprint density at radius 3 is 2.38 bits per heavy atom. The highest BCUT2D eigenvalue weighted by molar-refractivity contribution is 6.31. The van der Waals surface area contributed by atoms with E-state index in [9.17, 15) is 14.4 Å². The van der Waals surface area contributed by atoms with Gasteiger partial charge in [0.2, 0.25) is 11.8 Å². The number of rotatable bonds is 3. The predicted molar refractivity (Wildman–Crippen MR) is 111 cm³/mol. The van der Waals surface area contributed by atoms with Crippen molar-refractivity contribution in [1.29, 1.82) is 0 Å². The Hall–Kier alpha value is -2.66. The first kappa shape index (κ1) is 18.4. The summed E-state index contributed by atoms with van der Waals surface area (Å²) in [6.07, 6.45) is 3.03. The van der Waals surface area contributed by atoms with Crippen molar-refractivity contribution < 1.29 is 14.4 Å². The Kier molecular flexibility index (Phi) is 4.24. The summed E-state index contributed by atoms with van der Waals surface area (Å²) >= 11 is 6.06. The number of imide groups is 1. The van der Waals surface area contributed by atoms with Gasteiger partial charge in [0.05, 0.1) is 23.1 Å². The third-order valence-corrected chi connectivity index (χ3v) is 7.00. The number of anilines is 2. The zero-order valence-corrected chi connectivity index (χ0v) is 16.8. The molecule has 2 saturated carbocycles. The molecule has 148 valence electrons. The van der Waals surface area contributed by atoms with Crippen LogP contribution in [0.25, 0.3) is 0 Å². The van der Waals surface area contributed by atoms with Gasteiger partial charge in [0.1, 0.15) is 0 Å². The van der Waals surface area contributed by atoms with Crippen molar-refractivity contribution in [1.82, 2.24) is 0 Å². The minimum atomic E-state index is -0.369. The minimum Gasteiger partial charge on any atom is -0.322 e. The van der Waals surface area contributed by atoms with Crippen LogP contribution >= 0.6 is 11.6 Å². The largest absolute Gasteiger partial charge is 0.322 e. The highest BCUT2D eigenvalue weighted by atomic mass is 35.5. The van der Waals surface area contributed by atoms with E-state index in [-0.39, 0.29) is 29.6 Å². The van der Waals surface area contributed by atoms with Gasteiger partial charge in [0.15, 0.2) is 0 Å². The van der Waals surface area contributed by atoms with Crippen LogP contribution in [-0.2, 0) is 9.59 Å². The van der Waals surface area contributed by atoms with Crippen LogP contribution in [0.2, 0.25) is 5.02 Å². The number of fused-ring (bicyclic) bond motifs is 5. The van der Waals surface area contributed by atoms with Crippen molar-refractivity contribution in [2.24, 2.45) is 23.7 Å². The van der Waals surface area contributed by atoms with Crippen LogP contribution in [0.1, 0.15) is 35.2 Å². The predicted octanol–water partition coefficient (Wildman–Crippen LogP) is 4.44. The summed E-state index contributed by atoms with van der Waals surface area (Å²) in [7, 11) is 0. The summed E-state index contributed by atoms with van der Waals surface area (Å²) in [6.45, 7) is 1.88. The smallest absolute Gasteiger partial charge is 0.257 e. The first-order chi connectivity index (χ1) is 14.0. The number of hydrogen-bond acceptors (Lipinski definition) is 3. The molecule has 2 bridgehead atoms. The third kappa shape index (κ3) is 2.79. The zero-order valence-electron chi connectivity index (χ0n) is 16.0. The quantitative estimate of drug-likeness (QED) is 0.763. The highest BCUT2D eigenvalue weighted by Crippen LogP contribution is 2.56. The van der Waals surface area contributed by atoms with Crippen molar-refractivity contribution in [2.75, 3.05) is 10.2 Å². The van der Waals surface area contributed by atoms with Gasteiger partial charge in [-0.15, -0.1) is 0 Å². The van der Waals surface area contributed by atoms with E-state index in [4.69, 9.17) is 11.6 Å². The van der Waals surface area contributed by atoms with Crippen molar-refractivity contribution >= 4 is 40.7 Å². The van der Waals surface area contributed by atoms with Gasteiger partial charge in [-0.3, -0.25) is 14.4 Å². The number of nitrogens with zero attached hydrogens (tertiary/aromatic N) is 1. The molecular weight excluding hydrogens is 388 g/mol. The van der Waals surface area contributed by atoms with Crippen LogP contribution in [0.4, 0.5) is 11.4 Å². The van der Waals surface area contributed by atoms with Gasteiger partial charge in [-0.1, -0.05) is 29.8 Å². The molecule has 29 heavy (non-hydrogen) atoms. The van der Waals surface area contributed by atoms with Crippen molar-refractivity contribution in [3.05, 3.63) is 58.6 Å². The van der Waals surface area contributed by atoms with Crippen LogP contribution in [0.15, 0.2) is 42.5 Å². The van der Waals surface area contributed by atoms with Gasteiger partial charge in [0.25, 0.3) is 5.91 Å². The Morgan fingerprint density at radius 1 is 1.03 bits per heavy atom. The van der Waals surface area contributed by atoms with E-state index >= 15 is 0 Å². The fourth-order valence-corrected chi connectivity index (χ4v) is 5.60. The molecule has 0 unspecified atom stereocenters. The first-order valence-electron chi connectivity index (χ1n) is 10.00. The van der Waals surface area contributed by atoms with Crippen LogP contribution in [0.5, 0.6) is 0 Å². The second-order valence-electron chi connectivity index (χ2n) is 8.33. The summed E-state index contributed by atoms with van der Waals surface area (Å²) in [5.41, 5.74) is 2.15. The molecule has 1 heterocycles. The van der Waals surface area contributed by atoms with Crippen molar-refractivity contribution in [3.8, 4) is 0 Å². The molecular formula is C23H21ClN2O3. The molecule has 0 aromatic heterocycles. The summed E-state index contributed by atoms with van der Waals surface area (Å²) in [5.74, 6) is -0.479. The summed E-state index contributed by atoms with van der Waals surface area (Å²) in [5, 5.41) is 3.39. The van der Waals surface area contributed by atoms with Crippen LogP contribution in [-0.4, -0.2) is 17.7 Å². The van der Waals surface area contributed by atoms with E-state index in [0.717, 1.165) is 24.8 Å². The molecule has 2 aromatic carbocycles. The first-order valence-corrected chi connectivity index (χ1v) is 10.4. The number of amides is 3. The second kappa shape index (κ2) is 6.70. The number of benzene rings is 2. The summed E-state index contributed by atoms with van der Waals surface area (Å²) < 4.78 is 0. The minimum absolute atomic E-state index is 0.147. The second-order valence-corrected chi connectivity index (χ2v) is 8.76. The molecule has 2 aromatic rings. The lowest BCUT2D eigenvalue weighted by atomic mass is 9.81. The molecule has 1 saturated heterocycles. The van der Waals surface area contributed by atoms with E-state index in [1.807, 2.05) is 13.0 Å². The molecule has 3 fully saturated rings. The lowest BCUT2D eigenvalue weighted by Crippen LogP contribution is -2.34. The Balaban J connectivity index is 1.49. The molecule has 6 heteroatoms. The Labute approximate surface area is 174 Å². The van der Waals surface area contributed by atoms with E-state index < -0.39 is 0 Å². The van der Waals surface area contributed by atoms with Crippen molar-refractivity contribution in [3.63, 3.8) is 0 Å². The molecule has 5 nitrogen and oxygen atoms in total. The van der Waals surface area contributed by atoms with E-state index in [1.165, 1.54) is 4.90 Å². The number of hydrogen-bond donors (Lipinski definition) is 1. The molecule has 3 aliphatic rings. The highest BCUT2D eigenvalue weighted by Gasteiger charge is 2.61. The van der Waals surface area contributed by atoms with Gasteiger partial charge in [-0.2, -0.15) is 0 Å². The zero-order chi connectivity index (χ0) is 20.3. The lowest BCUT2D eigenvalue weighted by Gasteiger charge is -2.20.